The lowest BCUT2D eigenvalue weighted by Crippen LogP contribution is -2.49. The zero-order valence-electron chi connectivity index (χ0n) is 25.6. The fourth-order valence-corrected chi connectivity index (χ4v) is 7.61. The topological polar surface area (TPSA) is 69.5 Å². The number of rotatable bonds is 7. The predicted molar refractivity (Wildman–Crippen MR) is 190 cm³/mol. The van der Waals surface area contributed by atoms with E-state index in [0.717, 1.165) is 89.2 Å². The van der Waals surface area contributed by atoms with Crippen LogP contribution in [0.3, 0.4) is 0 Å². The number of aromatic nitrogens is 3. The van der Waals surface area contributed by atoms with Gasteiger partial charge in [-0.3, -0.25) is 4.90 Å². The Bertz CT molecular complexity index is 2010. The summed E-state index contributed by atoms with van der Waals surface area (Å²) in [7, 11) is 0. The smallest absolute Gasteiger partial charge is 0.227 e. The van der Waals surface area contributed by atoms with Crippen LogP contribution in [0.25, 0.3) is 32.7 Å². The molecule has 2 aliphatic rings. The summed E-state index contributed by atoms with van der Waals surface area (Å²) < 4.78 is 2.18. The number of para-hydroxylation sites is 1. The van der Waals surface area contributed by atoms with Crippen LogP contribution in [-0.2, 0) is 19.4 Å². The van der Waals surface area contributed by atoms with Crippen molar-refractivity contribution >= 4 is 73.4 Å². The van der Waals surface area contributed by atoms with Crippen LogP contribution >= 0.6 is 23.2 Å². The molecule has 1 aliphatic heterocycles. The third-order valence-electron chi connectivity index (χ3n) is 9.55. The minimum Gasteiger partial charge on any atom is -0.390 e. The standard InChI is InChI=1S/C37H36Cl2N6O/c38-25-12-14-34-30(20-25)31-21-26(39)13-15-35(31)45(34)23-27(46)22-43-16-18-44(19-17-43)37-41-33-10-4-3-9-29(33)36(42-37)40-32-11-5-7-24-6-1-2-8-28(24)32/h3-5,7,9-15,20-21,27,46H,1-2,6,8,16-19,22-23H2,(H,40,41,42). The van der Waals surface area contributed by atoms with E-state index < -0.39 is 6.10 Å². The molecule has 1 saturated heterocycles. The molecule has 0 amide bonds. The summed E-state index contributed by atoms with van der Waals surface area (Å²) >= 11 is 12.7. The highest BCUT2D eigenvalue weighted by Gasteiger charge is 2.24. The Morgan fingerprint density at radius 2 is 1.46 bits per heavy atom. The zero-order chi connectivity index (χ0) is 31.2. The summed E-state index contributed by atoms with van der Waals surface area (Å²) in [5, 5.41) is 19.5. The molecule has 6 aromatic rings. The van der Waals surface area contributed by atoms with Crippen LogP contribution in [0.5, 0.6) is 0 Å². The van der Waals surface area contributed by atoms with Gasteiger partial charge in [-0.25, -0.2) is 4.98 Å². The van der Waals surface area contributed by atoms with Crippen molar-refractivity contribution in [1.82, 2.24) is 19.4 Å². The lowest BCUT2D eigenvalue weighted by molar-refractivity contribution is 0.0967. The molecule has 1 unspecified atom stereocenters. The number of hydrogen-bond donors (Lipinski definition) is 2. The normalized spacial score (nSPS) is 16.3. The summed E-state index contributed by atoms with van der Waals surface area (Å²) in [6.07, 6.45) is 4.18. The molecule has 2 N–H and O–H groups in total. The van der Waals surface area contributed by atoms with Crippen molar-refractivity contribution in [3.63, 3.8) is 0 Å². The number of halogens is 2. The van der Waals surface area contributed by atoms with Crippen LogP contribution in [0.15, 0.2) is 78.9 Å². The number of piperazine rings is 1. The number of hydrogen-bond acceptors (Lipinski definition) is 6. The van der Waals surface area contributed by atoms with Crippen molar-refractivity contribution < 1.29 is 5.11 Å². The largest absolute Gasteiger partial charge is 0.390 e. The number of nitrogens with one attached hydrogen (secondary N) is 1. The van der Waals surface area contributed by atoms with Gasteiger partial charge in [-0.1, -0.05) is 47.5 Å². The van der Waals surface area contributed by atoms with Gasteiger partial charge < -0.3 is 19.9 Å². The van der Waals surface area contributed by atoms with Crippen LogP contribution in [0.1, 0.15) is 24.0 Å². The fourth-order valence-electron chi connectivity index (χ4n) is 7.27. The molecule has 9 heteroatoms. The number of aliphatic hydroxyl groups excluding tert-OH is 1. The first-order valence-corrected chi connectivity index (χ1v) is 16.9. The van der Waals surface area contributed by atoms with Gasteiger partial charge in [0.05, 0.1) is 18.2 Å². The van der Waals surface area contributed by atoms with E-state index in [0.29, 0.717) is 23.1 Å². The highest BCUT2D eigenvalue weighted by atomic mass is 35.5. The molecule has 3 heterocycles. The summed E-state index contributed by atoms with van der Waals surface area (Å²) in [4.78, 5) is 14.7. The summed E-state index contributed by atoms with van der Waals surface area (Å²) in [5.74, 6) is 1.60. The number of fused-ring (bicyclic) bond motifs is 5. The van der Waals surface area contributed by atoms with Gasteiger partial charge in [0.25, 0.3) is 0 Å². The molecule has 0 bridgehead atoms. The third kappa shape index (κ3) is 5.66. The Morgan fingerprint density at radius 1 is 0.739 bits per heavy atom. The van der Waals surface area contributed by atoms with Crippen LogP contribution in [0.4, 0.5) is 17.5 Å². The minimum atomic E-state index is -0.541. The minimum absolute atomic E-state index is 0.482. The van der Waals surface area contributed by atoms with Crippen LogP contribution in [-0.4, -0.2) is 63.4 Å². The van der Waals surface area contributed by atoms with Crippen LogP contribution in [0, 0.1) is 0 Å². The molecule has 0 saturated carbocycles. The fraction of sp³-hybridized carbons (Fsp3) is 0.297. The van der Waals surface area contributed by atoms with E-state index in [-0.39, 0.29) is 0 Å². The van der Waals surface area contributed by atoms with Gasteiger partial charge in [0.1, 0.15) is 5.82 Å². The number of anilines is 3. The second kappa shape index (κ2) is 12.4. The molecule has 4 aromatic carbocycles. The molecule has 0 spiro atoms. The maximum absolute atomic E-state index is 11.3. The van der Waals surface area contributed by atoms with Gasteiger partial charge in [-0.2, -0.15) is 4.98 Å². The van der Waals surface area contributed by atoms with Gasteiger partial charge in [0.15, 0.2) is 0 Å². The Hall–Kier alpha value is -3.88. The molecule has 1 fully saturated rings. The lowest BCUT2D eigenvalue weighted by atomic mass is 9.90. The number of benzene rings is 4. The maximum Gasteiger partial charge on any atom is 0.227 e. The first-order chi connectivity index (χ1) is 22.5. The molecule has 234 valence electrons. The predicted octanol–water partition coefficient (Wildman–Crippen LogP) is 7.85. The maximum atomic E-state index is 11.3. The quantitative estimate of drug-likeness (QED) is 0.183. The second-order valence-electron chi connectivity index (χ2n) is 12.5. The molecule has 46 heavy (non-hydrogen) atoms. The van der Waals surface area contributed by atoms with Gasteiger partial charge in [-0.05, 0) is 91.4 Å². The molecular weight excluding hydrogens is 615 g/mol. The Balaban J connectivity index is 0.981. The molecule has 1 atom stereocenters. The van der Waals surface area contributed by atoms with Crippen molar-refractivity contribution in [3.05, 3.63) is 100 Å². The number of aliphatic hydroxyl groups is 1. The van der Waals surface area contributed by atoms with E-state index in [1.54, 1.807) is 0 Å². The SMILES string of the molecule is OC(CN1CCN(c2nc(Nc3cccc4c3CCCC4)c3ccccc3n2)CC1)Cn1c2ccc(Cl)cc2c2cc(Cl)ccc21. The van der Waals surface area contributed by atoms with E-state index in [2.05, 4.69) is 50.0 Å². The van der Waals surface area contributed by atoms with E-state index in [4.69, 9.17) is 33.2 Å². The van der Waals surface area contributed by atoms with Gasteiger partial charge >= 0.3 is 0 Å². The molecule has 8 rings (SSSR count). The van der Waals surface area contributed by atoms with Crippen molar-refractivity contribution in [3.8, 4) is 0 Å². The second-order valence-corrected chi connectivity index (χ2v) is 13.4. The average Bonchev–Trinajstić information content (AvgIpc) is 3.36. The van der Waals surface area contributed by atoms with Crippen LogP contribution in [0.2, 0.25) is 10.0 Å². The molecule has 0 radical (unpaired) electrons. The Morgan fingerprint density at radius 3 is 2.22 bits per heavy atom. The molecule has 2 aromatic heterocycles. The molecule has 7 nitrogen and oxygen atoms in total. The summed E-state index contributed by atoms with van der Waals surface area (Å²) in [6.45, 7) is 4.28. The van der Waals surface area contributed by atoms with Crippen molar-refractivity contribution in [1.29, 1.82) is 0 Å². The Kier molecular flexibility index (Phi) is 7.94. The highest BCUT2D eigenvalue weighted by molar-refractivity contribution is 6.33. The van der Waals surface area contributed by atoms with Gasteiger partial charge in [0.2, 0.25) is 5.95 Å². The molecule has 1 aliphatic carbocycles. The molecular formula is C37H36Cl2N6O. The van der Waals surface area contributed by atoms with E-state index in [1.165, 1.54) is 24.0 Å². The number of nitrogens with zero attached hydrogens (tertiary/aromatic N) is 5. The van der Waals surface area contributed by atoms with E-state index >= 15 is 0 Å². The summed E-state index contributed by atoms with van der Waals surface area (Å²) in [5.41, 5.74) is 7.03. The van der Waals surface area contributed by atoms with Crippen molar-refractivity contribution in [2.75, 3.05) is 42.9 Å². The average molecular weight is 652 g/mol. The van der Waals surface area contributed by atoms with Crippen molar-refractivity contribution in [2.45, 2.75) is 38.3 Å². The zero-order valence-corrected chi connectivity index (χ0v) is 27.1. The van der Waals surface area contributed by atoms with Crippen LogP contribution < -0.4 is 10.2 Å². The van der Waals surface area contributed by atoms with Gasteiger partial charge in [-0.15, -0.1) is 0 Å². The first kappa shape index (κ1) is 29.5. The lowest BCUT2D eigenvalue weighted by Gasteiger charge is -2.36. The third-order valence-corrected chi connectivity index (χ3v) is 10.0. The number of aryl methyl sites for hydroxylation is 1. The van der Waals surface area contributed by atoms with Gasteiger partial charge in [0, 0.05) is 75.6 Å². The van der Waals surface area contributed by atoms with E-state index in [1.807, 2.05) is 48.5 Å². The highest BCUT2D eigenvalue weighted by Crippen LogP contribution is 2.34. The monoisotopic (exact) mass is 650 g/mol. The summed E-state index contributed by atoms with van der Waals surface area (Å²) in [6, 6.07) is 26.6. The Labute approximate surface area is 278 Å². The first-order valence-electron chi connectivity index (χ1n) is 16.2. The number of β-amino-alcohol motifs (C(OH)–C–C–N with tert-alkyl or cyclic N) is 1. The van der Waals surface area contributed by atoms with Crippen molar-refractivity contribution in [2.24, 2.45) is 0 Å². The van der Waals surface area contributed by atoms with E-state index in [9.17, 15) is 5.11 Å².